The van der Waals surface area contributed by atoms with Crippen molar-refractivity contribution in [3.8, 4) is 0 Å². The Hall–Kier alpha value is -0.830. The minimum Gasteiger partial charge on any atom is -0.545 e. The molecule has 0 atom stereocenters. The molecular formula is C10H21NO2. The van der Waals surface area contributed by atoms with Crippen molar-refractivity contribution in [2.75, 3.05) is 27.2 Å². The highest BCUT2D eigenvalue weighted by Gasteiger charge is 2.04. The predicted molar refractivity (Wildman–Crippen MR) is 53.0 cm³/mol. The third-order valence-electron chi connectivity index (χ3n) is 2.06. The van der Waals surface area contributed by atoms with E-state index in [2.05, 4.69) is 34.5 Å². The van der Waals surface area contributed by atoms with Crippen molar-refractivity contribution in [2.24, 2.45) is 0 Å². The highest BCUT2D eigenvalue weighted by molar-refractivity contribution is 5.82. The van der Waals surface area contributed by atoms with E-state index in [9.17, 15) is 9.90 Å². The lowest BCUT2D eigenvalue weighted by Gasteiger charge is -2.25. The van der Waals surface area contributed by atoms with Crippen molar-refractivity contribution < 1.29 is 14.4 Å². The van der Waals surface area contributed by atoms with Gasteiger partial charge in [-0.1, -0.05) is 6.58 Å². The minimum atomic E-state index is -1.19. The monoisotopic (exact) mass is 187 g/mol. The molecule has 0 aromatic carbocycles. The van der Waals surface area contributed by atoms with Crippen molar-refractivity contribution >= 4 is 5.97 Å². The van der Waals surface area contributed by atoms with E-state index < -0.39 is 5.97 Å². The zero-order valence-corrected chi connectivity index (χ0v) is 9.39. The molecule has 0 rings (SSSR count). The first-order valence-corrected chi connectivity index (χ1v) is 4.45. The molecule has 0 aliphatic carbocycles. The second kappa shape index (κ2) is 6.66. The average Bonchev–Trinajstić information content (AvgIpc) is 2.05. The highest BCUT2D eigenvalue weighted by atomic mass is 16.4. The van der Waals surface area contributed by atoms with Crippen LogP contribution in [-0.4, -0.2) is 37.6 Å². The van der Waals surface area contributed by atoms with Crippen LogP contribution in [0.1, 0.15) is 20.8 Å². The molecule has 0 N–H and O–H groups in total. The van der Waals surface area contributed by atoms with Crippen molar-refractivity contribution in [1.82, 2.24) is 0 Å². The predicted octanol–water partition coefficient (Wildman–Crippen LogP) is 0.415. The van der Waals surface area contributed by atoms with Gasteiger partial charge in [-0.3, -0.25) is 0 Å². The molecule has 0 bridgehead atoms. The number of aliphatic carboxylic acids is 1. The zero-order valence-electron chi connectivity index (χ0n) is 9.39. The fourth-order valence-corrected chi connectivity index (χ4v) is 0.224. The first-order valence-electron chi connectivity index (χ1n) is 4.45. The molecule has 0 aromatic rings. The van der Waals surface area contributed by atoms with Crippen LogP contribution in [0, 0.1) is 0 Å². The van der Waals surface area contributed by atoms with Gasteiger partial charge in [-0.25, -0.2) is 0 Å². The van der Waals surface area contributed by atoms with E-state index in [1.807, 2.05) is 0 Å². The quantitative estimate of drug-likeness (QED) is 0.474. The van der Waals surface area contributed by atoms with Gasteiger partial charge < -0.3 is 14.4 Å². The van der Waals surface area contributed by atoms with Crippen molar-refractivity contribution in [3.63, 3.8) is 0 Å². The zero-order chi connectivity index (χ0) is 11.1. The van der Waals surface area contributed by atoms with Gasteiger partial charge in [0.1, 0.15) is 0 Å². The Morgan fingerprint density at radius 1 is 1.31 bits per heavy atom. The molecule has 0 aliphatic heterocycles. The summed E-state index contributed by atoms with van der Waals surface area (Å²) in [6, 6.07) is 0. The third-order valence-corrected chi connectivity index (χ3v) is 2.06. The van der Waals surface area contributed by atoms with Crippen LogP contribution in [0.4, 0.5) is 0 Å². The third kappa shape index (κ3) is 11.2. The summed E-state index contributed by atoms with van der Waals surface area (Å²) >= 11 is 0. The number of hydrogen-bond donors (Lipinski definition) is 0. The number of carbonyl (C=O) groups is 1. The van der Waals surface area contributed by atoms with E-state index in [1.54, 1.807) is 0 Å². The molecule has 0 heterocycles. The molecule has 78 valence electrons. The van der Waals surface area contributed by atoms with Crippen molar-refractivity contribution in [3.05, 3.63) is 12.2 Å². The number of hydrogen-bond acceptors (Lipinski definition) is 2. The lowest BCUT2D eigenvalue weighted by Crippen LogP contribution is -2.38. The molecule has 0 fully saturated rings. The van der Waals surface area contributed by atoms with Crippen LogP contribution >= 0.6 is 0 Å². The van der Waals surface area contributed by atoms with Crippen molar-refractivity contribution in [2.45, 2.75) is 20.8 Å². The van der Waals surface area contributed by atoms with Crippen LogP contribution in [-0.2, 0) is 4.79 Å². The lowest BCUT2D eigenvalue weighted by atomic mass is 10.4. The van der Waals surface area contributed by atoms with Gasteiger partial charge >= 0.3 is 0 Å². The van der Waals surface area contributed by atoms with Crippen LogP contribution in [0.25, 0.3) is 0 Å². The van der Waals surface area contributed by atoms with Gasteiger partial charge in [0.05, 0.1) is 33.2 Å². The SMILES string of the molecule is C=C(C)C(=O)[O-].CC[N+](C)(C)CC. The Labute approximate surface area is 81.3 Å². The summed E-state index contributed by atoms with van der Waals surface area (Å²) < 4.78 is 1.14. The van der Waals surface area contributed by atoms with Crippen LogP contribution in [0.3, 0.4) is 0 Å². The van der Waals surface area contributed by atoms with Crippen LogP contribution < -0.4 is 5.11 Å². The molecule has 0 saturated heterocycles. The van der Waals surface area contributed by atoms with Gasteiger partial charge in [0.15, 0.2) is 0 Å². The van der Waals surface area contributed by atoms with Gasteiger partial charge in [-0.15, -0.1) is 0 Å². The molecule has 0 unspecified atom stereocenters. The Morgan fingerprint density at radius 2 is 1.54 bits per heavy atom. The summed E-state index contributed by atoms with van der Waals surface area (Å²) in [4.78, 5) is 9.49. The number of rotatable bonds is 3. The summed E-state index contributed by atoms with van der Waals surface area (Å²) in [5.74, 6) is -1.19. The van der Waals surface area contributed by atoms with E-state index in [0.29, 0.717) is 0 Å². The van der Waals surface area contributed by atoms with E-state index in [0.717, 1.165) is 4.48 Å². The Balaban J connectivity index is 0. The Morgan fingerprint density at radius 3 is 1.54 bits per heavy atom. The van der Waals surface area contributed by atoms with Crippen LogP contribution in [0.5, 0.6) is 0 Å². The van der Waals surface area contributed by atoms with E-state index in [1.165, 1.54) is 20.0 Å². The minimum absolute atomic E-state index is 0.0648. The summed E-state index contributed by atoms with van der Waals surface area (Å²) in [5, 5.41) is 9.49. The second-order valence-corrected chi connectivity index (χ2v) is 3.64. The Bertz CT molecular complexity index is 156. The van der Waals surface area contributed by atoms with E-state index >= 15 is 0 Å². The normalized spacial score (nSPS) is 9.92. The van der Waals surface area contributed by atoms with Gasteiger partial charge in [-0.2, -0.15) is 0 Å². The van der Waals surface area contributed by atoms with E-state index in [-0.39, 0.29) is 5.57 Å². The second-order valence-electron chi connectivity index (χ2n) is 3.64. The summed E-state index contributed by atoms with van der Waals surface area (Å²) in [5.41, 5.74) is 0.0648. The number of nitrogens with zero attached hydrogens (tertiary/aromatic N) is 1. The molecule has 0 aliphatic rings. The van der Waals surface area contributed by atoms with Crippen LogP contribution in [0.2, 0.25) is 0 Å². The average molecular weight is 187 g/mol. The Kier molecular flexibility index (Phi) is 7.52. The molecule has 3 heteroatoms. The topological polar surface area (TPSA) is 40.1 Å². The molecule has 0 radical (unpaired) electrons. The maximum Gasteiger partial charge on any atom is 0.0753 e. The smallest absolute Gasteiger partial charge is 0.0753 e. The summed E-state index contributed by atoms with van der Waals surface area (Å²) in [6.45, 7) is 11.4. The largest absolute Gasteiger partial charge is 0.545 e. The van der Waals surface area contributed by atoms with Crippen molar-refractivity contribution in [1.29, 1.82) is 0 Å². The maximum atomic E-state index is 9.49. The molecule has 0 spiro atoms. The summed E-state index contributed by atoms with van der Waals surface area (Å²) in [7, 11) is 4.47. The van der Waals surface area contributed by atoms with Gasteiger partial charge in [0.25, 0.3) is 0 Å². The molecule has 13 heavy (non-hydrogen) atoms. The first-order chi connectivity index (χ1) is 5.76. The van der Waals surface area contributed by atoms with Gasteiger partial charge in [0.2, 0.25) is 0 Å². The first kappa shape index (κ1) is 14.7. The molecule has 0 aromatic heterocycles. The highest BCUT2D eigenvalue weighted by Crippen LogP contribution is 1.91. The maximum absolute atomic E-state index is 9.49. The molecular weight excluding hydrogens is 166 g/mol. The summed E-state index contributed by atoms with van der Waals surface area (Å²) in [6.07, 6.45) is 0. The molecule has 3 nitrogen and oxygen atoms in total. The van der Waals surface area contributed by atoms with E-state index in [4.69, 9.17) is 0 Å². The standard InChI is InChI=1S/C6H16N.C4H6O2/c1-5-7(3,4)6-2;1-3(2)4(5)6/h5-6H2,1-4H3;1H2,2H3,(H,5,6)/q+1;/p-1. The lowest BCUT2D eigenvalue weighted by molar-refractivity contribution is -0.886. The fraction of sp³-hybridized carbons (Fsp3) is 0.700. The van der Waals surface area contributed by atoms with Crippen LogP contribution in [0.15, 0.2) is 12.2 Å². The number of carbonyl (C=O) groups excluding carboxylic acids is 1. The molecule has 0 amide bonds. The number of carboxylic acid groups (broad SMARTS) is 1. The fourth-order valence-electron chi connectivity index (χ4n) is 0.224. The molecule has 0 saturated carbocycles. The number of quaternary nitrogens is 1. The van der Waals surface area contributed by atoms with Gasteiger partial charge in [-0.05, 0) is 26.3 Å². The van der Waals surface area contributed by atoms with Gasteiger partial charge in [0, 0.05) is 0 Å². The number of carboxylic acids is 1.